The zero-order valence-corrected chi connectivity index (χ0v) is 11.8. The molecule has 104 valence electrons. The molecule has 0 bridgehead atoms. The molecule has 1 unspecified atom stereocenters. The molecule has 0 amide bonds. The van der Waals surface area contributed by atoms with Gasteiger partial charge in [0, 0.05) is 11.6 Å². The normalized spacial score (nSPS) is 16.9. The molecule has 0 heterocycles. The molecule has 2 aromatic rings. The Morgan fingerprint density at radius 3 is 2.65 bits per heavy atom. The summed E-state index contributed by atoms with van der Waals surface area (Å²) in [6.45, 7) is 0. The second kappa shape index (κ2) is 5.17. The van der Waals surface area contributed by atoms with Gasteiger partial charge in [-0.05, 0) is 47.7 Å². The molecule has 0 saturated carbocycles. The third-order valence-electron chi connectivity index (χ3n) is 4.01. The van der Waals surface area contributed by atoms with Gasteiger partial charge in [-0.15, -0.1) is 0 Å². The van der Waals surface area contributed by atoms with Crippen molar-refractivity contribution in [2.24, 2.45) is 5.73 Å². The zero-order valence-electron chi connectivity index (χ0n) is 11.8. The molecule has 2 aromatic carbocycles. The molecule has 3 heteroatoms. The summed E-state index contributed by atoms with van der Waals surface area (Å²) in [6, 6.07) is 12.4. The molecule has 0 aliphatic heterocycles. The first-order valence-electron chi connectivity index (χ1n) is 6.84. The van der Waals surface area contributed by atoms with Gasteiger partial charge in [-0.25, -0.2) is 0 Å². The number of fused-ring (bicyclic) bond motifs is 1. The molecular weight excluding hydrogens is 250 g/mol. The summed E-state index contributed by atoms with van der Waals surface area (Å²) >= 11 is 0. The summed E-state index contributed by atoms with van der Waals surface area (Å²) in [5, 5.41) is 0. The number of hydrogen-bond donors (Lipinski definition) is 1. The van der Waals surface area contributed by atoms with Crippen LogP contribution in [0.15, 0.2) is 36.4 Å². The highest BCUT2D eigenvalue weighted by atomic mass is 16.5. The zero-order chi connectivity index (χ0) is 14.1. The van der Waals surface area contributed by atoms with Gasteiger partial charge in [0.25, 0.3) is 0 Å². The molecule has 1 aliphatic rings. The fraction of sp³-hybridized carbons (Fsp3) is 0.294. The van der Waals surface area contributed by atoms with Crippen LogP contribution in [0.3, 0.4) is 0 Å². The van der Waals surface area contributed by atoms with Crippen molar-refractivity contribution >= 4 is 0 Å². The van der Waals surface area contributed by atoms with Crippen LogP contribution in [0.2, 0.25) is 0 Å². The van der Waals surface area contributed by atoms with Gasteiger partial charge in [-0.3, -0.25) is 0 Å². The molecule has 0 aromatic heterocycles. The van der Waals surface area contributed by atoms with E-state index in [2.05, 4.69) is 18.2 Å². The second-order valence-electron chi connectivity index (χ2n) is 5.08. The quantitative estimate of drug-likeness (QED) is 0.929. The monoisotopic (exact) mass is 269 g/mol. The number of hydrogen-bond acceptors (Lipinski definition) is 3. The van der Waals surface area contributed by atoms with Crippen LogP contribution < -0.4 is 15.2 Å². The topological polar surface area (TPSA) is 44.5 Å². The van der Waals surface area contributed by atoms with Crippen molar-refractivity contribution in [3.05, 3.63) is 47.5 Å². The van der Waals surface area contributed by atoms with Crippen LogP contribution in [0.1, 0.15) is 23.6 Å². The predicted octanol–water partition coefficient (Wildman–Crippen LogP) is 3.32. The first-order chi connectivity index (χ1) is 9.74. The Labute approximate surface area is 119 Å². The molecule has 2 N–H and O–H groups in total. The van der Waals surface area contributed by atoms with Crippen molar-refractivity contribution in [2.45, 2.75) is 18.9 Å². The maximum absolute atomic E-state index is 6.16. The van der Waals surface area contributed by atoms with Gasteiger partial charge in [0.1, 0.15) is 11.5 Å². The van der Waals surface area contributed by atoms with E-state index < -0.39 is 0 Å². The fourth-order valence-corrected chi connectivity index (χ4v) is 2.96. The molecule has 0 spiro atoms. The first kappa shape index (κ1) is 13.0. The third-order valence-corrected chi connectivity index (χ3v) is 4.01. The van der Waals surface area contributed by atoms with E-state index in [0.717, 1.165) is 29.9 Å². The molecule has 0 saturated heterocycles. The lowest BCUT2D eigenvalue weighted by molar-refractivity contribution is 0.404. The molecule has 20 heavy (non-hydrogen) atoms. The Morgan fingerprint density at radius 2 is 1.90 bits per heavy atom. The lowest BCUT2D eigenvalue weighted by Gasteiger charge is -2.14. The van der Waals surface area contributed by atoms with E-state index in [1.807, 2.05) is 18.2 Å². The van der Waals surface area contributed by atoms with E-state index in [4.69, 9.17) is 15.2 Å². The number of ether oxygens (including phenoxy) is 2. The third kappa shape index (κ3) is 2.04. The summed E-state index contributed by atoms with van der Waals surface area (Å²) in [4.78, 5) is 0. The van der Waals surface area contributed by atoms with Gasteiger partial charge >= 0.3 is 0 Å². The SMILES string of the molecule is COc1ccc(OC)c(-c2cccc3c2CCC3N)c1. The van der Waals surface area contributed by atoms with E-state index in [0.29, 0.717) is 0 Å². The Balaban J connectivity index is 2.19. The van der Waals surface area contributed by atoms with E-state index in [9.17, 15) is 0 Å². The van der Waals surface area contributed by atoms with Crippen molar-refractivity contribution in [1.29, 1.82) is 0 Å². The number of rotatable bonds is 3. The highest BCUT2D eigenvalue weighted by Gasteiger charge is 2.23. The van der Waals surface area contributed by atoms with Gasteiger partial charge in [-0.1, -0.05) is 18.2 Å². The Bertz CT molecular complexity index is 637. The van der Waals surface area contributed by atoms with Crippen LogP contribution in [-0.4, -0.2) is 14.2 Å². The van der Waals surface area contributed by atoms with Gasteiger partial charge in [-0.2, -0.15) is 0 Å². The Morgan fingerprint density at radius 1 is 1.05 bits per heavy atom. The molecule has 1 atom stereocenters. The van der Waals surface area contributed by atoms with Crippen molar-refractivity contribution in [2.75, 3.05) is 14.2 Å². The van der Waals surface area contributed by atoms with Crippen LogP contribution in [0.4, 0.5) is 0 Å². The van der Waals surface area contributed by atoms with Crippen molar-refractivity contribution in [3.8, 4) is 22.6 Å². The van der Waals surface area contributed by atoms with Crippen LogP contribution >= 0.6 is 0 Å². The van der Waals surface area contributed by atoms with Gasteiger partial charge in [0.15, 0.2) is 0 Å². The molecule has 3 rings (SSSR count). The summed E-state index contributed by atoms with van der Waals surface area (Å²) in [7, 11) is 3.37. The molecular formula is C17H19NO2. The maximum atomic E-state index is 6.16. The maximum Gasteiger partial charge on any atom is 0.126 e. The van der Waals surface area contributed by atoms with Crippen LogP contribution in [0, 0.1) is 0 Å². The molecule has 0 radical (unpaired) electrons. The van der Waals surface area contributed by atoms with Crippen LogP contribution in [0.25, 0.3) is 11.1 Å². The van der Waals surface area contributed by atoms with E-state index in [-0.39, 0.29) is 6.04 Å². The lowest BCUT2D eigenvalue weighted by atomic mass is 9.95. The van der Waals surface area contributed by atoms with E-state index in [1.54, 1.807) is 14.2 Å². The minimum absolute atomic E-state index is 0.154. The first-order valence-corrected chi connectivity index (χ1v) is 6.84. The fourth-order valence-electron chi connectivity index (χ4n) is 2.96. The van der Waals surface area contributed by atoms with Gasteiger partial charge in [0.2, 0.25) is 0 Å². The van der Waals surface area contributed by atoms with E-state index >= 15 is 0 Å². The Kier molecular flexibility index (Phi) is 3.36. The summed E-state index contributed by atoms with van der Waals surface area (Å²) in [5.74, 6) is 1.69. The predicted molar refractivity (Wildman–Crippen MR) is 80.2 cm³/mol. The molecule has 1 aliphatic carbocycles. The van der Waals surface area contributed by atoms with Crippen molar-refractivity contribution < 1.29 is 9.47 Å². The largest absolute Gasteiger partial charge is 0.497 e. The molecule has 0 fully saturated rings. The number of nitrogens with two attached hydrogens (primary N) is 1. The van der Waals surface area contributed by atoms with Crippen LogP contribution in [-0.2, 0) is 6.42 Å². The van der Waals surface area contributed by atoms with Crippen molar-refractivity contribution in [3.63, 3.8) is 0 Å². The lowest BCUT2D eigenvalue weighted by Crippen LogP contribution is -2.05. The standard InChI is InChI=1S/C17H19NO2/c1-19-11-6-9-17(20-2)15(10-11)12-4-3-5-14-13(12)7-8-16(14)18/h3-6,9-10,16H,7-8,18H2,1-2H3. The summed E-state index contributed by atoms with van der Waals surface area (Å²) in [6.07, 6.45) is 2.03. The second-order valence-corrected chi connectivity index (χ2v) is 5.08. The highest BCUT2D eigenvalue weighted by Crippen LogP contribution is 2.41. The number of methoxy groups -OCH3 is 2. The minimum atomic E-state index is 0.154. The minimum Gasteiger partial charge on any atom is -0.497 e. The van der Waals surface area contributed by atoms with Crippen LogP contribution in [0.5, 0.6) is 11.5 Å². The van der Waals surface area contributed by atoms with E-state index in [1.165, 1.54) is 16.7 Å². The van der Waals surface area contributed by atoms with Gasteiger partial charge in [0.05, 0.1) is 14.2 Å². The average molecular weight is 269 g/mol. The summed E-state index contributed by atoms with van der Waals surface area (Å²) in [5.41, 5.74) is 11.0. The highest BCUT2D eigenvalue weighted by molar-refractivity contribution is 5.76. The number of benzene rings is 2. The average Bonchev–Trinajstić information content (AvgIpc) is 2.88. The smallest absolute Gasteiger partial charge is 0.126 e. The molecule has 3 nitrogen and oxygen atoms in total. The van der Waals surface area contributed by atoms with Crippen molar-refractivity contribution in [1.82, 2.24) is 0 Å². The van der Waals surface area contributed by atoms with Gasteiger partial charge < -0.3 is 15.2 Å². The Hall–Kier alpha value is -2.00. The summed E-state index contributed by atoms with van der Waals surface area (Å²) < 4.78 is 10.8.